The number of rotatable bonds is 9. The standard InChI is InChI=1S/C10H17N3O4/c11-8(15)6-7(10(12)17)13-9(16)4-2-1-3-5-14/h5,7H,1-4,6H2,(H2,11,15)(H2,12,17)(H,13,16). The number of hydrogen-bond acceptors (Lipinski definition) is 4. The van der Waals surface area contributed by atoms with Crippen molar-refractivity contribution in [3.05, 3.63) is 0 Å². The van der Waals surface area contributed by atoms with E-state index in [2.05, 4.69) is 5.32 Å². The Kier molecular flexibility index (Phi) is 7.32. The zero-order chi connectivity index (χ0) is 13.3. The smallest absolute Gasteiger partial charge is 0.240 e. The van der Waals surface area contributed by atoms with Crippen molar-refractivity contribution in [1.29, 1.82) is 0 Å². The van der Waals surface area contributed by atoms with Crippen molar-refractivity contribution in [3.63, 3.8) is 0 Å². The molecule has 7 heteroatoms. The highest BCUT2D eigenvalue weighted by Crippen LogP contribution is 1.99. The molecule has 0 saturated heterocycles. The van der Waals surface area contributed by atoms with Gasteiger partial charge in [-0.1, -0.05) is 0 Å². The van der Waals surface area contributed by atoms with Crippen LogP contribution in [0.3, 0.4) is 0 Å². The molecule has 17 heavy (non-hydrogen) atoms. The Morgan fingerprint density at radius 2 is 1.82 bits per heavy atom. The largest absolute Gasteiger partial charge is 0.370 e. The minimum Gasteiger partial charge on any atom is -0.370 e. The van der Waals surface area contributed by atoms with Crippen LogP contribution in [0.4, 0.5) is 0 Å². The van der Waals surface area contributed by atoms with Crippen molar-refractivity contribution < 1.29 is 19.2 Å². The minimum absolute atomic E-state index is 0.177. The zero-order valence-electron chi connectivity index (χ0n) is 9.48. The Morgan fingerprint density at radius 3 is 2.29 bits per heavy atom. The third kappa shape index (κ3) is 7.95. The lowest BCUT2D eigenvalue weighted by atomic mass is 10.1. The predicted molar refractivity (Wildman–Crippen MR) is 59.5 cm³/mol. The highest BCUT2D eigenvalue weighted by atomic mass is 16.2. The van der Waals surface area contributed by atoms with Gasteiger partial charge in [0.05, 0.1) is 6.42 Å². The molecule has 0 fully saturated rings. The summed E-state index contributed by atoms with van der Waals surface area (Å²) in [7, 11) is 0. The second-order valence-electron chi connectivity index (χ2n) is 3.61. The SMILES string of the molecule is NC(=O)CC(NC(=O)CCCCC=O)C(N)=O. The van der Waals surface area contributed by atoms with Crippen LogP contribution in [0.25, 0.3) is 0 Å². The van der Waals surface area contributed by atoms with Crippen molar-refractivity contribution in [2.75, 3.05) is 0 Å². The molecule has 0 spiro atoms. The summed E-state index contributed by atoms with van der Waals surface area (Å²) in [6.07, 6.45) is 2.18. The summed E-state index contributed by atoms with van der Waals surface area (Å²) in [5.41, 5.74) is 9.91. The van der Waals surface area contributed by atoms with Gasteiger partial charge in [0, 0.05) is 12.8 Å². The summed E-state index contributed by atoms with van der Waals surface area (Å²) in [5.74, 6) is -1.90. The maximum atomic E-state index is 11.3. The van der Waals surface area contributed by atoms with Gasteiger partial charge in [0.2, 0.25) is 17.7 Å². The van der Waals surface area contributed by atoms with E-state index in [1.54, 1.807) is 0 Å². The van der Waals surface area contributed by atoms with E-state index in [1.165, 1.54) is 0 Å². The number of primary amides is 2. The first-order valence-electron chi connectivity index (χ1n) is 5.28. The molecule has 0 aliphatic heterocycles. The van der Waals surface area contributed by atoms with Gasteiger partial charge < -0.3 is 21.6 Å². The quantitative estimate of drug-likeness (QED) is 0.339. The van der Waals surface area contributed by atoms with Crippen LogP contribution in [-0.4, -0.2) is 30.0 Å². The van der Waals surface area contributed by atoms with Crippen molar-refractivity contribution in [2.45, 2.75) is 38.1 Å². The van der Waals surface area contributed by atoms with Crippen LogP contribution in [0.15, 0.2) is 0 Å². The van der Waals surface area contributed by atoms with E-state index < -0.39 is 17.9 Å². The summed E-state index contributed by atoms with van der Waals surface area (Å²) < 4.78 is 0. The van der Waals surface area contributed by atoms with Crippen LogP contribution in [0.1, 0.15) is 32.1 Å². The van der Waals surface area contributed by atoms with Gasteiger partial charge in [0.15, 0.2) is 0 Å². The Hall–Kier alpha value is -1.92. The summed E-state index contributed by atoms with van der Waals surface area (Å²) >= 11 is 0. The number of amides is 3. The molecule has 0 aliphatic rings. The van der Waals surface area contributed by atoms with E-state index in [4.69, 9.17) is 11.5 Å². The van der Waals surface area contributed by atoms with E-state index in [0.29, 0.717) is 19.3 Å². The first kappa shape index (κ1) is 15.1. The molecule has 0 aromatic rings. The fourth-order valence-corrected chi connectivity index (χ4v) is 1.20. The molecule has 1 atom stereocenters. The number of carbonyl (C=O) groups excluding carboxylic acids is 4. The van der Waals surface area contributed by atoms with Crippen LogP contribution in [0.5, 0.6) is 0 Å². The van der Waals surface area contributed by atoms with Gasteiger partial charge in [-0.05, 0) is 12.8 Å². The van der Waals surface area contributed by atoms with Gasteiger partial charge in [-0.2, -0.15) is 0 Å². The molecule has 0 saturated carbocycles. The summed E-state index contributed by atoms with van der Waals surface area (Å²) in [6.45, 7) is 0. The van der Waals surface area contributed by atoms with Crippen LogP contribution in [0.2, 0.25) is 0 Å². The second kappa shape index (κ2) is 8.26. The molecular weight excluding hydrogens is 226 g/mol. The van der Waals surface area contributed by atoms with E-state index in [9.17, 15) is 19.2 Å². The zero-order valence-corrected chi connectivity index (χ0v) is 9.48. The summed E-state index contributed by atoms with van der Waals surface area (Å²) in [5, 5.41) is 2.32. The lowest BCUT2D eigenvalue weighted by Gasteiger charge is -2.13. The molecular formula is C10H17N3O4. The highest BCUT2D eigenvalue weighted by molar-refractivity contribution is 5.90. The molecule has 0 radical (unpaired) electrons. The van der Waals surface area contributed by atoms with E-state index in [1.807, 2.05) is 0 Å². The highest BCUT2D eigenvalue weighted by Gasteiger charge is 2.19. The molecule has 96 valence electrons. The van der Waals surface area contributed by atoms with E-state index >= 15 is 0 Å². The van der Waals surface area contributed by atoms with Crippen molar-refractivity contribution >= 4 is 24.0 Å². The predicted octanol–water partition coefficient (Wildman–Crippen LogP) is -1.41. The van der Waals surface area contributed by atoms with Gasteiger partial charge in [-0.25, -0.2) is 0 Å². The molecule has 0 rings (SSSR count). The summed E-state index contributed by atoms with van der Waals surface area (Å²) in [6, 6.07) is -1.06. The van der Waals surface area contributed by atoms with Crippen LogP contribution in [-0.2, 0) is 19.2 Å². The third-order valence-electron chi connectivity index (χ3n) is 2.06. The molecule has 0 bridgehead atoms. The van der Waals surface area contributed by atoms with Gasteiger partial charge in [-0.15, -0.1) is 0 Å². The molecule has 1 unspecified atom stereocenters. The molecule has 7 nitrogen and oxygen atoms in total. The van der Waals surface area contributed by atoms with Gasteiger partial charge in [0.1, 0.15) is 12.3 Å². The van der Waals surface area contributed by atoms with Gasteiger partial charge in [0.25, 0.3) is 0 Å². The number of carbonyl (C=O) groups is 4. The average Bonchev–Trinajstić information content (AvgIpc) is 2.22. The van der Waals surface area contributed by atoms with E-state index in [-0.39, 0.29) is 18.7 Å². The maximum Gasteiger partial charge on any atom is 0.240 e. The topological polar surface area (TPSA) is 132 Å². The summed E-state index contributed by atoms with van der Waals surface area (Å²) in [4.78, 5) is 42.9. The Balaban J connectivity index is 3.99. The van der Waals surface area contributed by atoms with Gasteiger partial charge >= 0.3 is 0 Å². The number of hydrogen-bond donors (Lipinski definition) is 3. The molecule has 0 aliphatic carbocycles. The van der Waals surface area contributed by atoms with Crippen molar-refractivity contribution in [3.8, 4) is 0 Å². The first-order valence-corrected chi connectivity index (χ1v) is 5.28. The number of unbranched alkanes of at least 4 members (excludes halogenated alkanes) is 2. The number of nitrogens with one attached hydrogen (secondary N) is 1. The molecule has 0 heterocycles. The van der Waals surface area contributed by atoms with Crippen LogP contribution in [0, 0.1) is 0 Å². The minimum atomic E-state index is -1.06. The molecule has 0 aromatic heterocycles. The lowest BCUT2D eigenvalue weighted by Crippen LogP contribution is -2.46. The maximum absolute atomic E-state index is 11.3. The molecule has 0 aromatic carbocycles. The normalized spacial score (nSPS) is 11.5. The molecule has 3 amide bonds. The fraction of sp³-hybridized carbons (Fsp3) is 0.600. The Morgan fingerprint density at radius 1 is 1.18 bits per heavy atom. The van der Waals surface area contributed by atoms with Crippen LogP contribution < -0.4 is 16.8 Å². The number of nitrogens with two attached hydrogens (primary N) is 2. The Bertz CT molecular complexity index is 304. The second-order valence-corrected chi connectivity index (χ2v) is 3.61. The third-order valence-corrected chi connectivity index (χ3v) is 2.06. The number of aldehydes is 1. The van der Waals surface area contributed by atoms with E-state index in [0.717, 1.165) is 6.29 Å². The Labute approximate surface area is 98.9 Å². The monoisotopic (exact) mass is 243 g/mol. The van der Waals surface area contributed by atoms with Crippen molar-refractivity contribution in [1.82, 2.24) is 5.32 Å². The molecule has 5 N–H and O–H groups in total. The first-order chi connectivity index (χ1) is 7.97. The van der Waals surface area contributed by atoms with Crippen LogP contribution >= 0.6 is 0 Å². The fourth-order valence-electron chi connectivity index (χ4n) is 1.20. The average molecular weight is 243 g/mol. The van der Waals surface area contributed by atoms with Gasteiger partial charge in [-0.3, -0.25) is 14.4 Å². The lowest BCUT2D eigenvalue weighted by molar-refractivity contribution is -0.129. The van der Waals surface area contributed by atoms with Crippen molar-refractivity contribution in [2.24, 2.45) is 11.5 Å².